The van der Waals surface area contributed by atoms with E-state index in [-0.39, 0.29) is 17.6 Å². The summed E-state index contributed by atoms with van der Waals surface area (Å²) in [6.45, 7) is 6.97. The van der Waals surface area contributed by atoms with Crippen LogP contribution in [0.5, 0.6) is 0 Å². The first kappa shape index (κ1) is 15.9. The van der Waals surface area contributed by atoms with Gasteiger partial charge in [-0.3, -0.25) is 0 Å². The predicted molar refractivity (Wildman–Crippen MR) is 92.9 cm³/mol. The molecule has 0 spiro atoms. The Morgan fingerprint density at radius 3 is 2.57 bits per heavy atom. The standard InChI is InChI=1S/C21H32O2/c1-4-16-19(23)12-18-15-6-5-13-11-14(22)7-9-20(13,2)17(15)8-10-21(16,18)3/h4-5,14-15,17-19,22-23H,6-12H2,1-3H3/t14?,15-,17+,18+,19?,20+,21-/m1/s1. The molecule has 0 aromatic carbocycles. The van der Waals surface area contributed by atoms with Crippen molar-refractivity contribution in [2.24, 2.45) is 28.6 Å². The Morgan fingerprint density at radius 2 is 1.83 bits per heavy atom. The molecule has 2 unspecified atom stereocenters. The lowest BCUT2D eigenvalue weighted by Gasteiger charge is -2.57. The number of allylic oxidation sites excluding steroid dienone is 2. The molecule has 0 amide bonds. The molecule has 3 fully saturated rings. The average Bonchev–Trinajstić information content (AvgIpc) is 2.77. The molecular formula is C21H32O2. The van der Waals surface area contributed by atoms with E-state index in [4.69, 9.17) is 0 Å². The van der Waals surface area contributed by atoms with Gasteiger partial charge in [0.05, 0.1) is 12.2 Å². The third-order valence-corrected chi connectivity index (χ3v) is 8.27. The Kier molecular flexibility index (Phi) is 3.59. The van der Waals surface area contributed by atoms with Gasteiger partial charge in [0.1, 0.15) is 0 Å². The van der Waals surface area contributed by atoms with Crippen LogP contribution in [0.1, 0.15) is 65.7 Å². The van der Waals surface area contributed by atoms with Crippen LogP contribution in [0.4, 0.5) is 0 Å². The normalized spacial score (nSPS) is 54.2. The molecule has 0 saturated heterocycles. The van der Waals surface area contributed by atoms with Gasteiger partial charge in [0.2, 0.25) is 0 Å². The van der Waals surface area contributed by atoms with Crippen molar-refractivity contribution in [3.05, 3.63) is 23.3 Å². The summed E-state index contributed by atoms with van der Waals surface area (Å²) < 4.78 is 0. The van der Waals surface area contributed by atoms with E-state index in [0.29, 0.717) is 17.3 Å². The molecule has 128 valence electrons. The smallest absolute Gasteiger partial charge is 0.0758 e. The van der Waals surface area contributed by atoms with Crippen LogP contribution in [0.2, 0.25) is 0 Å². The minimum atomic E-state index is -0.222. The van der Waals surface area contributed by atoms with Gasteiger partial charge in [0.25, 0.3) is 0 Å². The Morgan fingerprint density at radius 1 is 1.09 bits per heavy atom. The fourth-order valence-corrected chi connectivity index (χ4v) is 7.03. The van der Waals surface area contributed by atoms with Crippen molar-refractivity contribution in [3.63, 3.8) is 0 Å². The third kappa shape index (κ3) is 2.07. The first-order chi connectivity index (χ1) is 10.9. The molecule has 0 radical (unpaired) electrons. The van der Waals surface area contributed by atoms with Crippen LogP contribution in [0.25, 0.3) is 0 Å². The predicted octanol–water partition coefficient (Wildman–Crippen LogP) is 4.23. The zero-order valence-corrected chi connectivity index (χ0v) is 14.9. The molecule has 2 N–H and O–H groups in total. The maximum atomic E-state index is 10.6. The molecule has 4 aliphatic carbocycles. The summed E-state index contributed by atoms with van der Waals surface area (Å²) in [6.07, 6.45) is 11.9. The summed E-state index contributed by atoms with van der Waals surface area (Å²) >= 11 is 0. The number of aliphatic hydroxyl groups is 2. The molecule has 2 heteroatoms. The van der Waals surface area contributed by atoms with E-state index in [0.717, 1.165) is 38.0 Å². The second kappa shape index (κ2) is 5.20. The zero-order chi connectivity index (χ0) is 16.4. The number of aliphatic hydroxyl groups excluding tert-OH is 2. The Bertz CT molecular complexity index is 562. The lowest BCUT2D eigenvalue weighted by atomic mass is 9.48. The van der Waals surface area contributed by atoms with Crippen molar-refractivity contribution >= 4 is 0 Å². The van der Waals surface area contributed by atoms with Crippen LogP contribution < -0.4 is 0 Å². The van der Waals surface area contributed by atoms with Crippen LogP contribution in [-0.2, 0) is 0 Å². The monoisotopic (exact) mass is 316 g/mol. The molecule has 2 nitrogen and oxygen atoms in total. The van der Waals surface area contributed by atoms with Crippen LogP contribution in [0.3, 0.4) is 0 Å². The van der Waals surface area contributed by atoms with Gasteiger partial charge in [-0.1, -0.05) is 31.6 Å². The Balaban J connectivity index is 1.70. The van der Waals surface area contributed by atoms with E-state index in [9.17, 15) is 10.2 Å². The molecule has 0 aromatic rings. The highest BCUT2D eigenvalue weighted by atomic mass is 16.3. The highest BCUT2D eigenvalue weighted by molar-refractivity contribution is 5.31. The van der Waals surface area contributed by atoms with Crippen LogP contribution in [0.15, 0.2) is 23.3 Å². The van der Waals surface area contributed by atoms with Gasteiger partial charge in [-0.2, -0.15) is 0 Å². The van der Waals surface area contributed by atoms with E-state index in [1.54, 1.807) is 0 Å². The highest BCUT2D eigenvalue weighted by Crippen LogP contribution is 2.66. The summed E-state index contributed by atoms with van der Waals surface area (Å²) in [7, 11) is 0. The van der Waals surface area contributed by atoms with E-state index >= 15 is 0 Å². The maximum Gasteiger partial charge on any atom is 0.0758 e. The molecule has 0 bridgehead atoms. The topological polar surface area (TPSA) is 40.5 Å². The summed E-state index contributed by atoms with van der Waals surface area (Å²) in [5.74, 6) is 2.09. The first-order valence-corrected chi connectivity index (χ1v) is 9.62. The van der Waals surface area contributed by atoms with Crippen molar-refractivity contribution in [2.45, 2.75) is 77.9 Å². The van der Waals surface area contributed by atoms with E-state index in [1.165, 1.54) is 24.0 Å². The largest absolute Gasteiger partial charge is 0.393 e. The molecule has 4 rings (SSSR count). The third-order valence-electron chi connectivity index (χ3n) is 8.27. The lowest BCUT2D eigenvalue weighted by Crippen LogP contribution is -2.49. The molecule has 23 heavy (non-hydrogen) atoms. The Hall–Kier alpha value is -0.600. The molecule has 7 atom stereocenters. The molecule has 0 heterocycles. The molecule has 0 aliphatic heterocycles. The molecular weight excluding hydrogens is 284 g/mol. The van der Waals surface area contributed by atoms with Gasteiger partial charge in [-0.15, -0.1) is 0 Å². The fourth-order valence-electron chi connectivity index (χ4n) is 7.03. The number of hydrogen-bond donors (Lipinski definition) is 2. The van der Waals surface area contributed by atoms with Crippen molar-refractivity contribution in [3.8, 4) is 0 Å². The molecule has 0 aromatic heterocycles. The van der Waals surface area contributed by atoms with Crippen molar-refractivity contribution in [2.75, 3.05) is 0 Å². The second-order valence-corrected chi connectivity index (χ2v) is 9.11. The van der Waals surface area contributed by atoms with Crippen LogP contribution in [-0.4, -0.2) is 22.4 Å². The average molecular weight is 316 g/mol. The van der Waals surface area contributed by atoms with Gasteiger partial charge in [0, 0.05) is 0 Å². The first-order valence-electron chi connectivity index (χ1n) is 9.62. The maximum absolute atomic E-state index is 10.6. The number of hydrogen-bond acceptors (Lipinski definition) is 2. The van der Waals surface area contributed by atoms with Gasteiger partial charge in [-0.25, -0.2) is 0 Å². The quantitative estimate of drug-likeness (QED) is 0.657. The van der Waals surface area contributed by atoms with Crippen LogP contribution >= 0.6 is 0 Å². The second-order valence-electron chi connectivity index (χ2n) is 9.11. The van der Waals surface area contributed by atoms with Crippen molar-refractivity contribution < 1.29 is 10.2 Å². The van der Waals surface area contributed by atoms with Crippen molar-refractivity contribution in [1.82, 2.24) is 0 Å². The SMILES string of the molecule is CC=C1C(O)C[C@H]2[C@@H]3CC=C4CC(O)CC[C@]4(C)[C@H]3CC[C@]12C. The zero-order valence-electron chi connectivity index (χ0n) is 14.9. The van der Waals surface area contributed by atoms with E-state index in [2.05, 4.69) is 32.9 Å². The lowest BCUT2D eigenvalue weighted by molar-refractivity contribution is -0.0278. The summed E-state index contributed by atoms with van der Waals surface area (Å²) in [6, 6.07) is 0. The highest BCUT2D eigenvalue weighted by Gasteiger charge is 2.58. The fraction of sp³-hybridized carbons (Fsp3) is 0.810. The molecule has 3 saturated carbocycles. The van der Waals surface area contributed by atoms with Crippen LogP contribution in [0, 0.1) is 28.6 Å². The summed E-state index contributed by atoms with van der Waals surface area (Å²) in [5.41, 5.74) is 3.35. The minimum absolute atomic E-state index is 0.123. The van der Waals surface area contributed by atoms with Gasteiger partial charge in [-0.05, 0) is 86.0 Å². The van der Waals surface area contributed by atoms with E-state index in [1.807, 2.05) is 0 Å². The number of rotatable bonds is 0. The van der Waals surface area contributed by atoms with Gasteiger partial charge >= 0.3 is 0 Å². The Labute approximate surface area is 140 Å². The van der Waals surface area contributed by atoms with Gasteiger partial charge < -0.3 is 10.2 Å². The molecule has 4 aliphatic rings. The summed E-state index contributed by atoms with van der Waals surface area (Å²) in [4.78, 5) is 0. The van der Waals surface area contributed by atoms with Crippen molar-refractivity contribution in [1.29, 1.82) is 0 Å². The minimum Gasteiger partial charge on any atom is -0.393 e. The van der Waals surface area contributed by atoms with E-state index < -0.39 is 0 Å². The van der Waals surface area contributed by atoms with Gasteiger partial charge in [0.15, 0.2) is 0 Å². The summed E-state index contributed by atoms with van der Waals surface area (Å²) in [5, 5.41) is 20.7. The number of fused-ring (bicyclic) bond motifs is 5.